The molecule has 1 atom stereocenters. The van der Waals surface area contributed by atoms with E-state index in [2.05, 4.69) is 16.7 Å². The van der Waals surface area contributed by atoms with Gasteiger partial charge in [0.2, 0.25) is 5.91 Å². The summed E-state index contributed by atoms with van der Waals surface area (Å²) in [5, 5.41) is 14.6. The predicted molar refractivity (Wildman–Crippen MR) is 70.1 cm³/mol. The molecule has 0 aliphatic carbocycles. The first-order valence-corrected chi connectivity index (χ1v) is 6.30. The zero-order valence-corrected chi connectivity index (χ0v) is 10.3. The number of carbonyl (C=O) groups excluding carboxylic acids is 1. The second-order valence-corrected chi connectivity index (χ2v) is 4.43. The standard InChI is InChI=1S/C14H17N3O/c15-8-4-1-5-9-16-14(18)12-10-17-13-7-3-2-6-11(12)13/h2-3,6-7,12,17H,1,4-5,9-10H2,(H,16,18). The van der Waals surface area contributed by atoms with E-state index >= 15 is 0 Å². The number of nitriles is 1. The molecule has 1 heterocycles. The highest BCUT2D eigenvalue weighted by atomic mass is 16.1. The number of rotatable bonds is 5. The average Bonchev–Trinajstić information content (AvgIpc) is 2.82. The Bertz CT molecular complexity index is 464. The number of amides is 1. The van der Waals surface area contributed by atoms with E-state index in [1.807, 2.05) is 24.3 Å². The number of anilines is 1. The molecule has 4 heteroatoms. The van der Waals surface area contributed by atoms with E-state index in [1.165, 1.54) is 0 Å². The van der Waals surface area contributed by atoms with Crippen molar-refractivity contribution in [3.63, 3.8) is 0 Å². The molecule has 1 aromatic rings. The number of para-hydroxylation sites is 1. The van der Waals surface area contributed by atoms with E-state index < -0.39 is 0 Å². The zero-order chi connectivity index (χ0) is 12.8. The molecular formula is C14H17N3O. The molecule has 0 aromatic heterocycles. The third kappa shape index (κ3) is 2.80. The van der Waals surface area contributed by atoms with Gasteiger partial charge in [0.1, 0.15) is 0 Å². The van der Waals surface area contributed by atoms with E-state index in [-0.39, 0.29) is 11.8 Å². The minimum absolute atomic E-state index is 0.0735. The Labute approximate surface area is 107 Å². The lowest BCUT2D eigenvalue weighted by atomic mass is 10.0. The summed E-state index contributed by atoms with van der Waals surface area (Å²) >= 11 is 0. The van der Waals surface area contributed by atoms with Crippen LogP contribution in [0.15, 0.2) is 24.3 Å². The first-order chi connectivity index (χ1) is 8.83. The summed E-state index contributed by atoms with van der Waals surface area (Å²) in [7, 11) is 0. The van der Waals surface area contributed by atoms with Crippen LogP contribution in [0.5, 0.6) is 0 Å². The Morgan fingerprint density at radius 2 is 2.28 bits per heavy atom. The number of nitrogens with zero attached hydrogens (tertiary/aromatic N) is 1. The van der Waals surface area contributed by atoms with Gasteiger partial charge in [0.15, 0.2) is 0 Å². The third-order valence-electron chi connectivity index (χ3n) is 3.16. The van der Waals surface area contributed by atoms with Crippen LogP contribution >= 0.6 is 0 Å². The number of fused-ring (bicyclic) bond motifs is 1. The van der Waals surface area contributed by atoms with Crippen LogP contribution in [0.4, 0.5) is 5.69 Å². The summed E-state index contributed by atoms with van der Waals surface area (Å²) in [5.41, 5.74) is 2.13. The largest absolute Gasteiger partial charge is 0.384 e. The summed E-state index contributed by atoms with van der Waals surface area (Å²) in [6, 6.07) is 10.0. The number of unbranched alkanes of at least 4 members (excludes halogenated alkanes) is 2. The van der Waals surface area contributed by atoms with Gasteiger partial charge >= 0.3 is 0 Å². The lowest BCUT2D eigenvalue weighted by Gasteiger charge is -2.10. The highest BCUT2D eigenvalue weighted by molar-refractivity contribution is 5.88. The molecule has 1 unspecified atom stereocenters. The number of hydrogen-bond acceptors (Lipinski definition) is 3. The lowest BCUT2D eigenvalue weighted by Crippen LogP contribution is -2.31. The first kappa shape index (κ1) is 12.4. The molecule has 1 aliphatic heterocycles. The fourth-order valence-corrected chi connectivity index (χ4v) is 2.18. The maximum absolute atomic E-state index is 12.0. The lowest BCUT2D eigenvalue weighted by molar-refractivity contribution is -0.122. The van der Waals surface area contributed by atoms with Gasteiger partial charge in [-0.2, -0.15) is 5.26 Å². The van der Waals surface area contributed by atoms with Crippen LogP contribution in [-0.2, 0) is 4.79 Å². The van der Waals surface area contributed by atoms with Gasteiger partial charge in [-0.15, -0.1) is 0 Å². The molecule has 2 rings (SSSR count). The van der Waals surface area contributed by atoms with Crippen LogP contribution < -0.4 is 10.6 Å². The second kappa shape index (κ2) is 6.06. The highest BCUT2D eigenvalue weighted by Crippen LogP contribution is 2.30. The van der Waals surface area contributed by atoms with Gasteiger partial charge in [0, 0.05) is 25.2 Å². The SMILES string of the molecule is N#CCCCCNC(=O)C1CNc2ccccc21. The van der Waals surface area contributed by atoms with Crippen LogP contribution in [0.2, 0.25) is 0 Å². The average molecular weight is 243 g/mol. The Kier molecular flexibility index (Phi) is 4.19. The fraction of sp³-hybridized carbons (Fsp3) is 0.429. The van der Waals surface area contributed by atoms with Crippen molar-refractivity contribution >= 4 is 11.6 Å². The fourth-order valence-electron chi connectivity index (χ4n) is 2.18. The topological polar surface area (TPSA) is 64.9 Å². The van der Waals surface area contributed by atoms with Crippen molar-refractivity contribution < 1.29 is 4.79 Å². The summed E-state index contributed by atoms with van der Waals surface area (Å²) < 4.78 is 0. The summed E-state index contributed by atoms with van der Waals surface area (Å²) in [6.45, 7) is 1.32. The molecule has 18 heavy (non-hydrogen) atoms. The van der Waals surface area contributed by atoms with Crippen LogP contribution in [0.1, 0.15) is 30.7 Å². The van der Waals surface area contributed by atoms with E-state index in [9.17, 15) is 4.79 Å². The molecule has 4 nitrogen and oxygen atoms in total. The molecule has 1 amide bonds. The Balaban J connectivity index is 1.83. The predicted octanol–water partition coefficient (Wildman–Crippen LogP) is 2.01. The second-order valence-electron chi connectivity index (χ2n) is 4.43. The molecule has 2 N–H and O–H groups in total. The summed E-state index contributed by atoms with van der Waals surface area (Å²) in [5.74, 6) is -0.0124. The van der Waals surface area contributed by atoms with Gasteiger partial charge < -0.3 is 10.6 Å². The van der Waals surface area contributed by atoms with Crippen molar-refractivity contribution in [2.45, 2.75) is 25.2 Å². The highest BCUT2D eigenvalue weighted by Gasteiger charge is 2.27. The number of nitrogens with one attached hydrogen (secondary N) is 2. The number of hydrogen-bond donors (Lipinski definition) is 2. The van der Waals surface area contributed by atoms with Crippen LogP contribution in [-0.4, -0.2) is 19.0 Å². The van der Waals surface area contributed by atoms with Gasteiger partial charge in [-0.3, -0.25) is 4.79 Å². The van der Waals surface area contributed by atoms with Crippen LogP contribution in [0.3, 0.4) is 0 Å². The Hall–Kier alpha value is -2.02. The molecule has 0 radical (unpaired) electrons. The Morgan fingerprint density at radius 1 is 1.44 bits per heavy atom. The monoisotopic (exact) mass is 243 g/mol. The van der Waals surface area contributed by atoms with Crippen molar-refractivity contribution in [3.05, 3.63) is 29.8 Å². The third-order valence-corrected chi connectivity index (χ3v) is 3.16. The molecule has 0 bridgehead atoms. The zero-order valence-electron chi connectivity index (χ0n) is 10.3. The van der Waals surface area contributed by atoms with E-state index in [0.717, 1.165) is 24.1 Å². The van der Waals surface area contributed by atoms with Crippen LogP contribution in [0, 0.1) is 11.3 Å². The first-order valence-electron chi connectivity index (χ1n) is 6.30. The van der Waals surface area contributed by atoms with Gasteiger partial charge in [0.25, 0.3) is 0 Å². The molecule has 0 fully saturated rings. The maximum Gasteiger partial charge on any atom is 0.229 e. The summed E-state index contributed by atoms with van der Waals surface area (Å²) in [4.78, 5) is 12.0. The van der Waals surface area contributed by atoms with Gasteiger partial charge in [-0.25, -0.2) is 0 Å². The molecule has 0 spiro atoms. The van der Waals surface area contributed by atoms with E-state index in [1.54, 1.807) is 0 Å². The molecule has 1 aliphatic rings. The molecule has 0 saturated heterocycles. The smallest absolute Gasteiger partial charge is 0.229 e. The Morgan fingerprint density at radius 3 is 3.11 bits per heavy atom. The molecule has 0 saturated carbocycles. The van der Waals surface area contributed by atoms with E-state index in [0.29, 0.717) is 19.5 Å². The number of carbonyl (C=O) groups is 1. The minimum atomic E-state index is -0.0860. The molecule has 1 aromatic carbocycles. The normalized spacial score (nSPS) is 16.5. The van der Waals surface area contributed by atoms with Crippen molar-refractivity contribution in [3.8, 4) is 6.07 Å². The molecular weight excluding hydrogens is 226 g/mol. The van der Waals surface area contributed by atoms with E-state index in [4.69, 9.17) is 5.26 Å². The van der Waals surface area contributed by atoms with Gasteiger partial charge in [0.05, 0.1) is 12.0 Å². The quantitative estimate of drug-likeness (QED) is 0.777. The van der Waals surface area contributed by atoms with Crippen molar-refractivity contribution in [2.24, 2.45) is 0 Å². The molecule has 94 valence electrons. The van der Waals surface area contributed by atoms with Crippen molar-refractivity contribution in [2.75, 3.05) is 18.4 Å². The maximum atomic E-state index is 12.0. The minimum Gasteiger partial charge on any atom is -0.384 e. The van der Waals surface area contributed by atoms with Crippen molar-refractivity contribution in [1.29, 1.82) is 5.26 Å². The summed E-state index contributed by atoms with van der Waals surface area (Å²) in [6.07, 6.45) is 2.26. The van der Waals surface area contributed by atoms with Crippen molar-refractivity contribution in [1.82, 2.24) is 5.32 Å². The van der Waals surface area contributed by atoms with Gasteiger partial charge in [-0.05, 0) is 24.5 Å². The van der Waals surface area contributed by atoms with Crippen LogP contribution in [0.25, 0.3) is 0 Å². The van der Waals surface area contributed by atoms with Gasteiger partial charge in [-0.1, -0.05) is 18.2 Å². The number of benzene rings is 1.